The minimum Gasteiger partial charge on any atom is -0.374 e. The van der Waals surface area contributed by atoms with Crippen LogP contribution >= 0.6 is 7.60 Å². The summed E-state index contributed by atoms with van der Waals surface area (Å²) in [6.45, 7) is 1.27. The van der Waals surface area contributed by atoms with E-state index in [1.165, 1.54) is 7.11 Å². The number of ether oxygens (including phenoxy) is 3. The molecule has 0 aliphatic carbocycles. The van der Waals surface area contributed by atoms with E-state index in [0.29, 0.717) is 13.2 Å². The fourth-order valence-electron chi connectivity index (χ4n) is 4.87. The lowest BCUT2D eigenvalue weighted by Crippen LogP contribution is -2.58. The van der Waals surface area contributed by atoms with Gasteiger partial charge in [0.2, 0.25) is 0 Å². The Hall–Kier alpha value is -3.17. The van der Waals surface area contributed by atoms with E-state index in [4.69, 9.17) is 28.1 Å². The van der Waals surface area contributed by atoms with Crippen LogP contribution < -0.4 is 5.48 Å². The molecule has 0 radical (unpaired) electrons. The van der Waals surface area contributed by atoms with Crippen LogP contribution in [0.25, 0.3) is 0 Å². The van der Waals surface area contributed by atoms with Gasteiger partial charge in [-0.05, 0) is 22.3 Å². The van der Waals surface area contributed by atoms with E-state index in [1.54, 1.807) is 0 Å². The van der Waals surface area contributed by atoms with Crippen molar-refractivity contribution in [3.8, 4) is 0 Å². The summed E-state index contributed by atoms with van der Waals surface area (Å²) >= 11 is 0. The predicted octanol–water partition coefficient (Wildman–Crippen LogP) is 6.66. The first-order valence-corrected chi connectivity index (χ1v) is 15.9. The maximum Gasteiger partial charge on any atom is 0.352 e. The van der Waals surface area contributed by atoms with E-state index in [1.807, 2.05) is 121 Å². The van der Waals surface area contributed by atoms with E-state index in [2.05, 4.69) is 5.48 Å². The van der Waals surface area contributed by atoms with E-state index in [9.17, 15) is 4.57 Å². The van der Waals surface area contributed by atoms with Gasteiger partial charge in [0.15, 0.2) is 5.78 Å². The molecule has 9 heteroatoms. The molecule has 1 N–H and O–H groups in total. The van der Waals surface area contributed by atoms with E-state index in [0.717, 1.165) is 22.3 Å². The van der Waals surface area contributed by atoms with Gasteiger partial charge in [-0.15, -0.1) is 0 Å². The second-order valence-corrected chi connectivity index (χ2v) is 12.4. The van der Waals surface area contributed by atoms with Crippen molar-refractivity contribution in [2.45, 2.75) is 50.5 Å². The van der Waals surface area contributed by atoms with Crippen molar-refractivity contribution in [2.75, 3.05) is 13.7 Å². The molecule has 5 rings (SSSR count). The molecule has 1 aliphatic heterocycles. The van der Waals surface area contributed by atoms with E-state index < -0.39 is 31.7 Å². The van der Waals surface area contributed by atoms with E-state index >= 15 is 0 Å². The Bertz CT molecular complexity index is 1400. The Balaban J connectivity index is 1.40. The van der Waals surface area contributed by atoms with Gasteiger partial charge in [-0.3, -0.25) is 13.9 Å². The zero-order valence-corrected chi connectivity index (χ0v) is 25.1. The van der Waals surface area contributed by atoms with Gasteiger partial charge in [-0.25, -0.2) is 0 Å². The molecule has 4 aromatic rings. The summed E-state index contributed by atoms with van der Waals surface area (Å²) in [7, 11) is -2.46. The molecule has 1 heterocycles. The number of nitrogens with one attached hydrogen (secondary N) is 1. The third-order valence-electron chi connectivity index (χ3n) is 7.13. The predicted molar refractivity (Wildman–Crippen MR) is 164 cm³/mol. The average Bonchev–Trinajstić information content (AvgIpc) is 3.06. The maximum atomic E-state index is 14.3. The normalized spacial score (nSPS) is 23.7. The van der Waals surface area contributed by atoms with Gasteiger partial charge in [-0.1, -0.05) is 121 Å². The van der Waals surface area contributed by atoms with Gasteiger partial charge >= 0.3 is 7.60 Å². The van der Waals surface area contributed by atoms with Crippen LogP contribution in [-0.4, -0.2) is 37.8 Å². The molecule has 5 atom stereocenters. The molecule has 4 aromatic carbocycles. The van der Waals surface area contributed by atoms with Crippen molar-refractivity contribution in [2.24, 2.45) is 0 Å². The highest BCUT2D eigenvalue weighted by Gasteiger charge is 2.55. The Morgan fingerprint density at radius 2 is 1.07 bits per heavy atom. The van der Waals surface area contributed by atoms with E-state index in [-0.39, 0.29) is 19.8 Å². The molecule has 1 saturated heterocycles. The Kier molecular flexibility index (Phi) is 11.7. The second kappa shape index (κ2) is 16.1. The molecular formula is C34H38NO7P. The summed E-state index contributed by atoms with van der Waals surface area (Å²) in [4.78, 5) is 5.88. The molecule has 0 bridgehead atoms. The summed E-state index contributed by atoms with van der Waals surface area (Å²) in [6, 6.07) is 39.2. The minimum atomic E-state index is -3.83. The van der Waals surface area contributed by atoms with Crippen molar-refractivity contribution in [3.05, 3.63) is 144 Å². The fraction of sp³-hybridized carbons (Fsp3) is 0.294. The number of hydrogen-bond donors (Lipinski definition) is 1. The zero-order chi connectivity index (χ0) is 29.7. The van der Waals surface area contributed by atoms with Gasteiger partial charge in [0.05, 0.1) is 33.0 Å². The number of hydroxylamine groups is 1. The zero-order valence-electron chi connectivity index (χ0n) is 24.2. The molecule has 43 heavy (non-hydrogen) atoms. The third kappa shape index (κ3) is 8.92. The molecule has 1 aliphatic rings. The summed E-state index contributed by atoms with van der Waals surface area (Å²) in [5, 5.41) is 0. The van der Waals surface area contributed by atoms with Crippen LogP contribution in [0.2, 0.25) is 0 Å². The lowest BCUT2D eigenvalue weighted by molar-refractivity contribution is -0.174. The van der Waals surface area contributed by atoms with Gasteiger partial charge in [-0.2, -0.15) is 5.48 Å². The smallest absolute Gasteiger partial charge is 0.352 e. The van der Waals surface area contributed by atoms with Crippen molar-refractivity contribution < 1.29 is 32.7 Å². The summed E-state index contributed by atoms with van der Waals surface area (Å²) < 4.78 is 45.2. The number of benzene rings is 4. The molecule has 0 saturated carbocycles. The van der Waals surface area contributed by atoms with Crippen molar-refractivity contribution >= 4 is 7.60 Å². The van der Waals surface area contributed by atoms with Crippen LogP contribution in [0.15, 0.2) is 121 Å². The SMILES string of the molecule is COP1(=O)O[C@H](COCc2ccccc2)[C@@H](OCc2ccccc2)[C@H](OCc2ccccc2)[C@H]1NOCc1ccccc1. The highest BCUT2D eigenvalue weighted by atomic mass is 31.2. The summed E-state index contributed by atoms with van der Waals surface area (Å²) in [6.07, 6.45) is -2.19. The first-order valence-electron chi connectivity index (χ1n) is 14.3. The van der Waals surface area contributed by atoms with Crippen LogP contribution in [0.3, 0.4) is 0 Å². The van der Waals surface area contributed by atoms with Gasteiger partial charge in [0, 0.05) is 7.11 Å². The topological polar surface area (TPSA) is 84.5 Å². The molecule has 226 valence electrons. The number of hydrogen-bond acceptors (Lipinski definition) is 8. The van der Waals surface area contributed by atoms with Gasteiger partial charge in [0.25, 0.3) is 0 Å². The molecule has 1 unspecified atom stereocenters. The Morgan fingerprint density at radius 1 is 0.628 bits per heavy atom. The van der Waals surface area contributed by atoms with Crippen LogP contribution in [0.1, 0.15) is 22.3 Å². The second-order valence-electron chi connectivity index (χ2n) is 10.2. The summed E-state index contributed by atoms with van der Waals surface area (Å²) in [5.74, 6) is -0.976. The lowest BCUT2D eigenvalue weighted by Gasteiger charge is -2.44. The number of rotatable bonds is 15. The van der Waals surface area contributed by atoms with Crippen molar-refractivity contribution in [3.63, 3.8) is 0 Å². The lowest BCUT2D eigenvalue weighted by atomic mass is 10.1. The van der Waals surface area contributed by atoms with Gasteiger partial charge < -0.3 is 18.7 Å². The molecule has 8 nitrogen and oxygen atoms in total. The largest absolute Gasteiger partial charge is 0.374 e. The highest BCUT2D eigenvalue weighted by molar-refractivity contribution is 7.54. The quantitative estimate of drug-likeness (QED) is 0.119. The third-order valence-corrected chi connectivity index (χ3v) is 9.28. The highest BCUT2D eigenvalue weighted by Crippen LogP contribution is 2.58. The van der Waals surface area contributed by atoms with Gasteiger partial charge in [0.1, 0.15) is 18.3 Å². The standard InChI is InChI=1S/C34H38NO7P/c1-37-43(36)34(35-41-25-30-20-12-5-13-21-30)33(40-24-29-18-10-4-11-19-29)32(39-23-28-16-8-3-9-17-28)31(42-43)26-38-22-27-14-6-2-7-15-27/h2-21,31-35H,22-26H2,1H3/t31-,32-,33+,34+,43?/m1/s1. The molecule has 0 aromatic heterocycles. The monoisotopic (exact) mass is 603 g/mol. The maximum absolute atomic E-state index is 14.3. The van der Waals surface area contributed by atoms with Crippen molar-refractivity contribution in [1.29, 1.82) is 0 Å². The van der Waals surface area contributed by atoms with Crippen LogP contribution in [0, 0.1) is 0 Å². The molecule has 0 spiro atoms. The first-order chi connectivity index (χ1) is 21.1. The van der Waals surface area contributed by atoms with Crippen LogP contribution in [0.4, 0.5) is 0 Å². The molecule has 0 amide bonds. The minimum absolute atomic E-state index is 0.116. The molecule has 1 fully saturated rings. The van der Waals surface area contributed by atoms with Crippen LogP contribution in [0.5, 0.6) is 0 Å². The van der Waals surface area contributed by atoms with Crippen molar-refractivity contribution in [1.82, 2.24) is 5.48 Å². The molecular weight excluding hydrogens is 565 g/mol. The summed E-state index contributed by atoms with van der Waals surface area (Å²) in [5.41, 5.74) is 6.88. The van der Waals surface area contributed by atoms with Crippen LogP contribution in [-0.2, 0) is 59.1 Å². The fourth-order valence-corrected chi connectivity index (χ4v) is 6.69. The Labute approximate surface area is 253 Å². The first kappa shape index (κ1) is 31.3. The average molecular weight is 604 g/mol. The Morgan fingerprint density at radius 3 is 1.56 bits per heavy atom.